The predicted molar refractivity (Wildman–Crippen MR) is 83.6 cm³/mol. The zero-order valence-corrected chi connectivity index (χ0v) is 13.5. The van der Waals surface area contributed by atoms with Gasteiger partial charge in [0.2, 0.25) is 5.95 Å². The Labute approximate surface area is 134 Å². The molecule has 124 valence electrons. The van der Waals surface area contributed by atoms with Gasteiger partial charge in [-0.05, 0) is 13.8 Å². The van der Waals surface area contributed by atoms with Crippen LogP contribution < -0.4 is 10.2 Å². The lowest BCUT2D eigenvalue weighted by atomic mass is 10.3. The summed E-state index contributed by atoms with van der Waals surface area (Å²) >= 11 is 0. The Kier molecular flexibility index (Phi) is 5.98. The van der Waals surface area contributed by atoms with Gasteiger partial charge in [0.25, 0.3) is 0 Å². The summed E-state index contributed by atoms with van der Waals surface area (Å²) in [6.07, 6.45) is 4.93. The molecule has 1 atom stereocenters. The zero-order valence-electron chi connectivity index (χ0n) is 13.5. The predicted octanol–water partition coefficient (Wildman–Crippen LogP) is 0.445. The number of ether oxygens (including phenoxy) is 1. The molecule has 0 saturated carbocycles. The molecule has 9 nitrogen and oxygen atoms in total. The van der Waals surface area contributed by atoms with Crippen LogP contribution in [-0.4, -0.2) is 51.3 Å². The first-order valence-corrected chi connectivity index (χ1v) is 7.36. The third kappa shape index (κ3) is 4.99. The second-order valence-electron chi connectivity index (χ2n) is 5.03. The molecule has 2 heterocycles. The van der Waals surface area contributed by atoms with Gasteiger partial charge in [-0.25, -0.2) is 15.0 Å². The highest BCUT2D eigenvalue weighted by molar-refractivity contribution is 5.74. The number of nitrogens with one attached hydrogen (secondary N) is 2. The summed E-state index contributed by atoms with van der Waals surface area (Å²) in [7, 11) is 1.75. The zero-order chi connectivity index (χ0) is 16.7. The van der Waals surface area contributed by atoms with Gasteiger partial charge in [0.1, 0.15) is 18.7 Å². The molecule has 0 bridgehead atoms. The van der Waals surface area contributed by atoms with E-state index in [1.165, 1.54) is 6.33 Å². The molecule has 0 aliphatic rings. The molecule has 0 radical (unpaired) electrons. The van der Waals surface area contributed by atoms with Crippen molar-refractivity contribution in [2.45, 2.75) is 26.4 Å². The molecular formula is C14H21N7O2. The van der Waals surface area contributed by atoms with Gasteiger partial charge < -0.3 is 15.0 Å². The van der Waals surface area contributed by atoms with E-state index in [2.05, 4.69) is 30.5 Å². The summed E-state index contributed by atoms with van der Waals surface area (Å²) in [4.78, 5) is 25.7. The molecule has 2 aromatic heterocycles. The number of anilines is 1. The van der Waals surface area contributed by atoms with E-state index in [0.717, 1.165) is 11.4 Å². The Bertz CT molecular complexity index is 600. The molecule has 9 heteroatoms. The highest BCUT2D eigenvalue weighted by Gasteiger charge is 2.11. The number of nitrogens with zero attached hydrogens (tertiary/aromatic N) is 5. The molecule has 0 aromatic carbocycles. The number of rotatable bonds is 8. The number of H-pyrrole nitrogens is 1. The summed E-state index contributed by atoms with van der Waals surface area (Å²) in [6, 6.07) is 0.0451. The first-order chi connectivity index (χ1) is 11.1. The number of hydrogen-bond donors (Lipinski definition) is 2. The average Bonchev–Trinajstić information content (AvgIpc) is 3.07. The van der Waals surface area contributed by atoms with E-state index in [-0.39, 0.29) is 18.6 Å². The Morgan fingerprint density at radius 2 is 2.13 bits per heavy atom. The van der Waals surface area contributed by atoms with Gasteiger partial charge in [0, 0.05) is 31.5 Å². The van der Waals surface area contributed by atoms with Crippen molar-refractivity contribution >= 4 is 11.9 Å². The standard InChI is InChI=1S/C14H21N7O2/c1-4-23-12(22)8-21(3)14-16-6-11(7-17-14)5-15-10(2)13-18-9-19-20-13/h6-7,9-10,15H,4-5,8H2,1-3H3,(H,18,19,20)/t10-/m0/s1. The summed E-state index contributed by atoms with van der Waals surface area (Å²) in [5.41, 5.74) is 0.935. The van der Waals surface area contributed by atoms with E-state index < -0.39 is 0 Å². The second-order valence-corrected chi connectivity index (χ2v) is 5.03. The van der Waals surface area contributed by atoms with Crippen LogP contribution in [0.4, 0.5) is 5.95 Å². The number of carbonyl (C=O) groups is 1. The number of carbonyl (C=O) groups excluding carboxylic acids is 1. The Morgan fingerprint density at radius 3 is 2.74 bits per heavy atom. The topological polar surface area (TPSA) is 109 Å². The summed E-state index contributed by atoms with van der Waals surface area (Å²) in [5.74, 6) is 0.951. The fourth-order valence-electron chi connectivity index (χ4n) is 1.90. The van der Waals surface area contributed by atoms with E-state index in [1.54, 1.807) is 31.3 Å². The van der Waals surface area contributed by atoms with E-state index in [0.29, 0.717) is 19.1 Å². The van der Waals surface area contributed by atoms with Crippen LogP contribution in [0.2, 0.25) is 0 Å². The minimum absolute atomic E-state index is 0.0451. The van der Waals surface area contributed by atoms with Crippen LogP contribution in [0.3, 0.4) is 0 Å². The van der Waals surface area contributed by atoms with Crippen LogP contribution in [0.5, 0.6) is 0 Å². The quantitative estimate of drug-likeness (QED) is 0.675. The normalized spacial score (nSPS) is 12.0. The number of aromatic nitrogens is 5. The minimum Gasteiger partial charge on any atom is -0.465 e. The lowest BCUT2D eigenvalue weighted by Crippen LogP contribution is -2.28. The van der Waals surface area contributed by atoms with E-state index in [9.17, 15) is 4.79 Å². The molecule has 0 spiro atoms. The first kappa shape index (κ1) is 16.8. The third-order valence-electron chi connectivity index (χ3n) is 3.16. The van der Waals surface area contributed by atoms with Crippen LogP contribution in [0, 0.1) is 0 Å². The molecule has 0 fully saturated rings. The molecule has 2 N–H and O–H groups in total. The van der Waals surface area contributed by atoms with Gasteiger partial charge >= 0.3 is 5.97 Å². The second kappa shape index (κ2) is 8.18. The fourth-order valence-corrected chi connectivity index (χ4v) is 1.90. The van der Waals surface area contributed by atoms with Crippen LogP contribution in [0.25, 0.3) is 0 Å². The highest BCUT2D eigenvalue weighted by Crippen LogP contribution is 2.08. The Balaban J connectivity index is 1.85. The molecule has 2 rings (SSSR count). The number of aromatic amines is 1. The summed E-state index contributed by atoms with van der Waals surface area (Å²) < 4.78 is 4.90. The van der Waals surface area contributed by atoms with Crippen molar-refractivity contribution in [2.24, 2.45) is 0 Å². The average molecular weight is 319 g/mol. The van der Waals surface area contributed by atoms with E-state index >= 15 is 0 Å². The van der Waals surface area contributed by atoms with Gasteiger partial charge in [0.05, 0.1) is 12.6 Å². The Hall–Kier alpha value is -2.55. The summed E-state index contributed by atoms with van der Waals surface area (Å²) in [5, 5.41) is 9.94. The van der Waals surface area contributed by atoms with Crippen LogP contribution >= 0.6 is 0 Å². The van der Waals surface area contributed by atoms with Crippen molar-refractivity contribution in [1.82, 2.24) is 30.5 Å². The maximum Gasteiger partial charge on any atom is 0.325 e. The first-order valence-electron chi connectivity index (χ1n) is 7.36. The highest BCUT2D eigenvalue weighted by atomic mass is 16.5. The van der Waals surface area contributed by atoms with Crippen LogP contribution in [0.15, 0.2) is 18.7 Å². The van der Waals surface area contributed by atoms with Crippen molar-refractivity contribution in [3.8, 4) is 0 Å². The minimum atomic E-state index is -0.301. The summed E-state index contributed by atoms with van der Waals surface area (Å²) in [6.45, 7) is 4.85. The smallest absolute Gasteiger partial charge is 0.325 e. The van der Waals surface area contributed by atoms with Crippen LogP contribution in [0.1, 0.15) is 31.3 Å². The van der Waals surface area contributed by atoms with Gasteiger partial charge in [0.15, 0.2) is 0 Å². The SMILES string of the molecule is CCOC(=O)CN(C)c1ncc(CN[C@@H](C)c2ncn[nH]2)cn1. The molecule has 0 aliphatic heterocycles. The lowest BCUT2D eigenvalue weighted by Gasteiger charge is -2.16. The molecule has 23 heavy (non-hydrogen) atoms. The molecule has 2 aromatic rings. The van der Waals surface area contributed by atoms with Crippen molar-refractivity contribution in [2.75, 3.05) is 25.1 Å². The van der Waals surface area contributed by atoms with Crippen molar-refractivity contribution in [3.05, 3.63) is 30.1 Å². The number of esters is 1. The van der Waals surface area contributed by atoms with Gasteiger partial charge in [-0.3, -0.25) is 9.89 Å². The molecule has 0 amide bonds. The van der Waals surface area contributed by atoms with E-state index in [1.807, 2.05) is 6.92 Å². The van der Waals surface area contributed by atoms with Gasteiger partial charge in [-0.15, -0.1) is 0 Å². The largest absolute Gasteiger partial charge is 0.465 e. The molecule has 0 saturated heterocycles. The van der Waals surface area contributed by atoms with Crippen molar-refractivity contribution in [3.63, 3.8) is 0 Å². The van der Waals surface area contributed by atoms with Crippen molar-refractivity contribution in [1.29, 1.82) is 0 Å². The molecule has 0 aliphatic carbocycles. The van der Waals surface area contributed by atoms with Gasteiger partial charge in [-0.1, -0.05) is 0 Å². The molecule has 0 unspecified atom stereocenters. The fraction of sp³-hybridized carbons (Fsp3) is 0.500. The van der Waals surface area contributed by atoms with Gasteiger partial charge in [-0.2, -0.15) is 5.10 Å². The maximum absolute atomic E-state index is 11.4. The maximum atomic E-state index is 11.4. The Morgan fingerprint density at radius 1 is 1.39 bits per heavy atom. The van der Waals surface area contributed by atoms with Crippen LogP contribution in [-0.2, 0) is 16.1 Å². The third-order valence-corrected chi connectivity index (χ3v) is 3.16. The number of hydrogen-bond acceptors (Lipinski definition) is 8. The lowest BCUT2D eigenvalue weighted by molar-refractivity contribution is -0.141. The molecular weight excluding hydrogens is 298 g/mol. The monoisotopic (exact) mass is 319 g/mol. The van der Waals surface area contributed by atoms with Crippen molar-refractivity contribution < 1.29 is 9.53 Å². The number of likely N-dealkylation sites (N-methyl/N-ethyl adjacent to an activating group) is 1. The van der Waals surface area contributed by atoms with E-state index in [4.69, 9.17) is 4.74 Å².